The van der Waals surface area contributed by atoms with Crippen LogP contribution in [-0.2, 0) is 28.9 Å². The molecule has 2 aliphatic rings. The first-order valence-corrected chi connectivity index (χ1v) is 9.97. The van der Waals surface area contributed by atoms with E-state index in [2.05, 4.69) is 25.1 Å². The number of carbonyl (C=O) groups is 1. The highest BCUT2D eigenvalue weighted by atomic mass is 16.5. The van der Waals surface area contributed by atoms with Crippen LogP contribution in [0.4, 0.5) is 0 Å². The molecule has 1 amide bonds. The molecule has 4 rings (SSSR count). The number of aromatic nitrogens is 4. The Balaban J connectivity index is 1.30. The number of ether oxygens (including phenoxy) is 1. The van der Waals surface area contributed by atoms with Gasteiger partial charge in [-0.2, -0.15) is 0 Å². The number of nitrogens with one attached hydrogen (secondary N) is 1. The first-order valence-electron chi connectivity index (χ1n) is 9.97. The number of nitrogens with zero attached hydrogens (tertiary/aromatic N) is 4. The molecule has 2 aromatic rings. The smallest absolute Gasteiger partial charge is 0.220 e. The van der Waals surface area contributed by atoms with E-state index < -0.39 is 0 Å². The number of hydrogen-bond donors (Lipinski definition) is 1. The first-order chi connectivity index (χ1) is 13.3. The fourth-order valence-corrected chi connectivity index (χ4v) is 4.02. The molecule has 0 radical (unpaired) electrons. The highest BCUT2D eigenvalue weighted by molar-refractivity contribution is 5.76. The molecule has 2 aromatic heterocycles. The summed E-state index contributed by atoms with van der Waals surface area (Å²) < 4.78 is 7.76. The zero-order valence-corrected chi connectivity index (χ0v) is 15.6. The Hall–Kier alpha value is -2.28. The van der Waals surface area contributed by atoms with Crippen molar-refractivity contribution in [2.45, 2.75) is 63.5 Å². The molecule has 7 nitrogen and oxygen atoms in total. The predicted molar refractivity (Wildman–Crippen MR) is 100 cm³/mol. The van der Waals surface area contributed by atoms with Crippen LogP contribution in [0.2, 0.25) is 0 Å². The number of rotatable bonds is 5. The van der Waals surface area contributed by atoms with Crippen molar-refractivity contribution in [3.05, 3.63) is 41.7 Å². The molecule has 0 saturated carbocycles. The van der Waals surface area contributed by atoms with Gasteiger partial charge in [0.25, 0.3) is 0 Å². The summed E-state index contributed by atoms with van der Waals surface area (Å²) in [7, 11) is 0. The van der Waals surface area contributed by atoms with E-state index in [-0.39, 0.29) is 11.9 Å². The van der Waals surface area contributed by atoms with E-state index in [1.807, 2.05) is 18.3 Å². The summed E-state index contributed by atoms with van der Waals surface area (Å²) in [6, 6.07) is 4.12. The largest absolute Gasteiger partial charge is 0.381 e. The van der Waals surface area contributed by atoms with Crippen LogP contribution in [0.1, 0.15) is 55.2 Å². The summed E-state index contributed by atoms with van der Waals surface area (Å²) in [4.78, 5) is 16.4. The normalized spacial score (nSPS) is 20.7. The van der Waals surface area contributed by atoms with E-state index in [0.29, 0.717) is 12.3 Å². The number of hydrogen-bond acceptors (Lipinski definition) is 5. The second kappa shape index (κ2) is 8.61. The van der Waals surface area contributed by atoms with E-state index in [9.17, 15) is 4.79 Å². The van der Waals surface area contributed by atoms with Gasteiger partial charge in [-0.15, -0.1) is 10.2 Å². The Kier molecular flexibility index (Phi) is 5.77. The predicted octanol–water partition coefficient (Wildman–Crippen LogP) is 2.02. The van der Waals surface area contributed by atoms with E-state index in [1.54, 1.807) is 6.20 Å². The van der Waals surface area contributed by atoms with Crippen molar-refractivity contribution in [2.24, 2.45) is 0 Å². The minimum atomic E-state index is 0.117. The lowest BCUT2D eigenvalue weighted by atomic mass is 9.99. The van der Waals surface area contributed by atoms with E-state index in [0.717, 1.165) is 75.5 Å². The molecule has 1 atom stereocenters. The van der Waals surface area contributed by atoms with Crippen LogP contribution in [0.25, 0.3) is 0 Å². The van der Waals surface area contributed by atoms with Gasteiger partial charge in [-0.3, -0.25) is 9.78 Å². The van der Waals surface area contributed by atoms with Gasteiger partial charge in [-0.05, 0) is 43.7 Å². The number of fused-ring (bicyclic) bond motifs is 1. The third kappa shape index (κ3) is 4.53. The highest BCUT2D eigenvalue weighted by Crippen LogP contribution is 2.27. The first kappa shape index (κ1) is 18.1. The average molecular weight is 369 g/mol. The molecule has 7 heteroatoms. The van der Waals surface area contributed by atoms with Crippen LogP contribution in [-0.4, -0.2) is 44.9 Å². The lowest BCUT2D eigenvalue weighted by Gasteiger charge is -2.22. The third-order valence-electron chi connectivity index (χ3n) is 5.59. The maximum Gasteiger partial charge on any atom is 0.220 e. The number of pyridine rings is 1. The lowest BCUT2D eigenvalue weighted by molar-refractivity contribution is -0.121. The van der Waals surface area contributed by atoms with E-state index >= 15 is 0 Å². The molecule has 1 fully saturated rings. The molecule has 27 heavy (non-hydrogen) atoms. The fraction of sp³-hybridized carbons (Fsp3) is 0.600. The monoisotopic (exact) mass is 369 g/mol. The summed E-state index contributed by atoms with van der Waals surface area (Å²) in [6.07, 6.45) is 9.56. The van der Waals surface area contributed by atoms with Gasteiger partial charge in [-0.25, -0.2) is 0 Å². The standard InChI is InChI=1S/C20H27N5O2/c26-19(6-3-15-2-1-10-21-14-15)22-17-4-5-18-23-24-20(25(18)11-7-17)16-8-12-27-13-9-16/h1-2,10,14,16-17H,3-9,11-13H2,(H,22,26). The Morgan fingerprint density at radius 3 is 2.93 bits per heavy atom. The number of aryl methyl sites for hydroxylation is 2. The van der Waals surface area contributed by atoms with Gasteiger partial charge in [0.2, 0.25) is 5.91 Å². The van der Waals surface area contributed by atoms with Crippen molar-refractivity contribution in [3.63, 3.8) is 0 Å². The van der Waals surface area contributed by atoms with E-state index in [4.69, 9.17) is 4.74 Å². The Morgan fingerprint density at radius 2 is 2.11 bits per heavy atom. The van der Waals surface area contributed by atoms with Crippen molar-refractivity contribution in [1.29, 1.82) is 0 Å². The van der Waals surface area contributed by atoms with Crippen LogP contribution in [0.3, 0.4) is 0 Å². The lowest BCUT2D eigenvalue weighted by Crippen LogP contribution is -2.35. The number of carbonyl (C=O) groups excluding carboxylic acids is 1. The maximum atomic E-state index is 12.3. The quantitative estimate of drug-likeness (QED) is 0.872. The minimum absolute atomic E-state index is 0.117. The molecular formula is C20H27N5O2. The molecule has 1 unspecified atom stereocenters. The third-order valence-corrected chi connectivity index (χ3v) is 5.59. The van der Waals surface area contributed by atoms with Gasteiger partial charge in [-0.1, -0.05) is 6.07 Å². The summed E-state index contributed by atoms with van der Waals surface area (Å²) in [6.45, 7) is 2.49. The van der Waals surface area contributed by atoms with Crippen molar-refractivity contribution in [3.8, 4) is 0 Å². The maximum absolute atomic E-state index is 12.3. The summed E-state index contributed by atoms with van der Waals surface area (Å²) in [5.41, 5.74) is 1.10. The molecule has 0 bridgehead atoms. The van der Waals surface area contributed by atoms with Crippen molar-refractivity contribution >= 4 is 5.91 Å². The molecule has 1 saturated heterocycles. The molecule has 1 N–H and O–H groups in total. The van der Waals surface area contributed by atoms with Gasteiger partial charge < -0.3 is 14.6 Å². The van der Waals surface area contributed by atoms with Crippen molar-refractivity contribution in [2.75, 3.05) is 13.2 Å². The van der Waals surface area contributed by atoms with Crippen molar-refractivity contribution in [1.82, 2.24) is 25.1 Å². The molecule has 4 heterocycles. The van der Waals surface area contributed by atoms with Gasteiger partial charge >= 0.3 is 0 Å². The van der Waals surface area contributed by atoms with Gasteiger partial charge in [0.05, 0.1) is 0 Å². The second-order valence-electron chi connectivity index (χ2n) is 7.47. The Bertz CT molecular complexity index is 755. The van der Waals surface area contributed by atoms with Crippen LogP contribution in [0.5, 0.6) is 0 Å². The summed E-state index contributed by atoms with van der Waals surface area (Å²) >= 11 is 0. The minimum Gasteiger partial charge on any atom is -0.381 e. The van der Waals surface area contributed by atoms with E-state index in [1.165, 1.54) is 0 Å². The van der Waals surface area contributed by atoms with Crippen molar-refractivity contribution < 1.29 is 9.53 Å². The Labute approximate surface area is 159 Å². The average Bonchev–Trinajstić information content (AvgIpc) is 3.02. The number of amides is 1. The van der Waals surface area contributed by atoms with Crippen LogP contribution >= 0.6 is 0 Å². The zero-order chi connectivity index (χ0) is 18.5. The molecule has 0 aliphatic carbocycles. The molecular weight excluding hydrogens is 342 g/mol. The summed E-state index contributed by atoms with van der Waals surface area (Å²) in [5.74, 6) is 2.73. The zero-order valence-electron chi connectivity index (χ0n) is 15.6. The second-order valence-corrected chi connectivity index (χ2v) is 7.47. The van der Waals surface area contributed by atoms with Gasteiger partial charge in [0.1, 0.15) is 11.6 Å². The fourth-order valence-electron chi connectivity index (χ4n) is 4.02. The van der Waals surface area contributed by atoms with Gasteiger partial charge in [0.15, 0.2) is 0 Å². The SMILES string of the molecule is O=C(CCc1cccnc1)NC1CCc2nnc(C3CCOCC3)n2CC1. The highest BCUT2D eigenvalue weighted by Gasteiger charge is 2.26. The van der Waals surface area contributed by atoms with Gasteiger partial charge in [0, 0.05) is 57.0 Å². The van der Waals surface area contributed by atoms with Crippen LogP contribution in [0.15, 0.2) is 24.5 Å². The summed E-state index contributed by atoms with van der Waals surface area (Å²) in [5, 5.41) is 12.1. The molecule has 2 aliphatic heterocycles. The topological polar surface area (TPSA) is 81.9 Å². The van der Waals surface area contributed by atoms with Crippen LogP contribution in [0, 0.1) is 0 Å². The molecule has 0 spiro atoms. The van der Waals surface area contributed by atoms with Crippen LogP contribution < -0.4 is 5.32 Å². The molecule has 144 valence electrons. The molecule has 0 aromatic carbocycles. The Morgan fingerprint density at radius 1 is 1.22 bits per heavy atom.